The van der Waals surface area contributed by atoms with Gasteiger partial charge in [-0.3, -0.25) is 4.79 Å². The number of amides is 1. The highest BCUT2D eigenvalue weighted by atomic mass is 32.2. The summed E-state index contributed by atoms with van der Waals surface area (Å²) in [4.78, 5) is 28.1. The zero-order valence-electron chi connectivity index (χ0n) is 18.9. The van der Waals surface area contributed by atoms with Crippen LogP contribution in [0.2, 0.25) is 0 Å². The van der Waals surface area contributed by atoms with Gasteiger partial charge in [0.15, 0.2) is 22.1 Å². The maximum Gasteiger partial charge on any atom is 0.219 e. The predicted octanol–water partition coefficient (Wildman–Crippen LogP) is 3.68. The lowest BCUT2D eigenvalue weighted by Crippen LogP contribution is -2.25. The van der Waals surface area contributed by atoms with Crippen molar-refractivity contribution in [2.75, 3.05) is 18.8 Å². The molecule has 7 nitrogen and oxygen atoms in total. The average molecular weight is 461 g/mol. The van der Waals surface area contributed by atoms with Gasteiger partial charge >= 0.3 is 0 Å². The summed E-state index contributed by atoms with van der Waals surface area (Å²) in [5.41, 5.74) is 11.2. The van der Waals surface area contributed by atoms with Crippen LogP contribution in [0.3, 0.4) is 0 Å². The van der Waals surface area contributed by atoms with E-state index in [1.165, 1.54) is 23.9 Å². The number of aromatic nitrogens is 4. The molecule has 5 rings (SSSR count). The van der Waals surface area contributed by atoms with Gasteiger partial charge in [-0.2, -0.15) is 0 Å². The molecule has 1 fully saturated rings. The predicted molar refractivity (Wildman–Crippen MR) is 130 cm³/mol. The first-order valence-corrected chi connectivity index (χ1v) is 12.4. The van der Waals surface area contributed by atoms with E-state index in [1.54, 1.807) is 18.7 Å². The third-order valence-electron chi connectivity index (χ3n) is 6.80. The van der Waals surface area contributed by atoms with Crippen molar-refractivity contribution in [3.63, 3.8) is 0 Å². The number of terminal acetylenes is 1. The van der Waals surface area contributed by atoms with Gasteiger partial charge < -0.3 is 15.2 Å². The molecular weight excluding hydrogens is 432 g/mol. The fourth-order valence-electron chi connectivity index (χ4n) is 5.00. The molecule has 0 spiro atoms. The standard InChI is InChI=1S/C25H28N6OS/c1-3-18-12-19-7-4-8-20(19)13-21(18)33-25-29-22-23(26)27-15-28-24(22)31(25)10-5-6-17-9-11-30(14-17)16(2)32/h1,12-13,15,17H,4-11,14H2,2H3,(H2,26,27,28). The van der Waals surface area contributed by atoms with Crippen LogP contribution >= 0.6 is 11.8 Å². The van der Waals surface area contributed by atoms with Crippen LogP contribution in [0, 0.1) is 18.3 Å². The van der Waals surface area contributed by atoms with Crippen LogP contribution in [-0.2, 0) is 24.2 Å². The summed E-state index contributed by atoms with van der Waals surface area (Å²) >= 11 is 1.59. The summed E-state index contributed by atoms with van der Waals surface area (Å²) in [5.74, 6) is 3.96. The monoisotopic (exact) mass is 460 g/mol. The minimum absolute atomic E-state index is 0.169. The second-order valence-corrected chi connectivity index (χ2v) is 9.97. The molecule has 0 radical (unpaired) electrons. The summed E-state index contributed by atoms with van der Waals surface area (Å²) in [6, 6.07) is 4.39. The fourth-order valence-corrected chi connectivity index (χ4v) is 6.05. The molecule has 8 heteroatoms. The van der Waals surface area contributed by atoms with E-state index in [-0.39, 0.29) is 5.91 Å². The Morgan fingerprint density at radius 2 is 2.12 bits per heavy atom. The molecular formula is C25H28N6OS. The third-order valence-corrected chi connectivity index (χ3v) is 7.85. The Hall–Kier alpha value is -3.05. The van der Waals surface area contributed by atoms with Gasteiger partial charge in [-0.25, -0.2) is 15.0 Å². The molecule has 1 aliphatic carbocycles. The summed E-state index contributed by atoms with van der Waals surface area (Å²) in [6.45, 7) is 4.16. The van der Waals surface area contributed by atoms with Gasteiger partial charge in [0.05, 0.1) is 0 Å². The number of nitrogens with zero attached hydrogens (tertiary/aromatic N) is 5. The number of fused-ring (bicyclic) bond motifs is 2. The van der Waals surface area contributed by atoms with Crippen molar-refractivity contribution in [2.24, 2.45) is 5.92 Å². The smallest absolute Gasteiger partial charge is 0.219 e. The number of nitrogens with two attached hydrogens (primary N) is 1. The van der Waals surface area contributed by atoms with Crippen LogP contribution in [0.5, 0.6) is 0 Å². The highest BCUT2D eigenvalue weighted by molar-refractivity contribution is 7.99. The largest absolute Gasteiger partial charge is 0.382 e. The van der Waals surface area contributed by atoms with Crippen molar-refractivity contribution in [1.29, 1.82) is 0 Å². The number of aryl methyl sites for hydroxylation is 3. The van der Waals surface area contributed by atoms with Crippen LogP contribution in [0.25, 0.3) is 11.2 Å². The molecule has 33 heavy (non-hydrogen) atoms. The van der Waals surface area contributed by atoms with E-state index in [4.69, 9.17) is 17.1 Å². The zero-order valence-corrected chi connectivity index (χ0v) is 19.7. The summed E-state index contributed by atoms with van der Waals surface area (Å²) in [5, 5.41) is 0.837. The minimum Gasteiger partial charge on any atom is -0.382 e. The van der Waals surface area contributed by atoms with Crippen LogP contribution < -0.4 is 5.73 Å². The van der Waals surface area contributed by atoms with Gasteiger partial charge in [0.25, 0.3) is 0 Å². The molecule has 2 aliphatic rings. The van der Waals surface area contributed by atoms with Crippen LogP contribution in [0.4, 0.5) is 5.82 Å². The Morgan fingerprint density at radius 3 is 2.88 bits per heavy atom. The van der Waals surface area contributed by atoms with Gasteiger partial charge in [0, 0.05) is 37.0 Å². The number of likely N-dealkylation sites (tertiary alicyclic amines) is 1. The van der Waals surface area contributed by atoms with E-state index in [0.717, 1.165) is 73.0 Å². The number of nitrogen functional groups attached to an aromatic ring is 1. The molecule has 2 N–H and O–H groups in total. The second-order valence-electron chi connectivity index (χ2n) is 8.96. The average Bonchev–Trinajstić information content (AvgIpc) is 3.53. The number of imidazole rings is 1. The second kappa shape index (κ2) is 9.06. The molecule has 0 bridgehead atoms. The van der Waals surface area contributed by atoms with Gasteiger partial charge in [-0.15, -0.1) is 6.42 Å². The number of rotatable bonds is 6. The molecule has 2 aromatic heterocycles. The number of anilines is 1. The summed E-state index contributed by atoms with van der Waals surface area (Å²) in [7, 11) is 0. The summed E-state index contributed by atoms with van der Waals surface area (Å²) in [6.07, 6.45) is 13.8. The van der Waals surface area contributed by atoms with E-state index in [0.29, 0.717) is 17.3 Å². The number of hydrogen-bond donors (Lipinski definition) is 1. The topological polar surface area (TPSA) is 89.9 Å². The first kappa shape index (κ1) is 21.8. The zero-order chi connectivity index (χ0) is 22.9. The lowest BCUT2D eigenvalue weighted by molar-refractivity contribution is -0.127. The Kier molecular flexibility index (Phi) is 5.98. The quantitative estimate of drug-likeness (QED) is 0.565. The first-order chi connectivity index (χ1) is 16.0. The maximum atomic E-state index is 11.6. The normalized spacial score (nSPS) is 17.5. The van der Waals surface area contributed by atoms with Crippen molar-refractivity contribution in [3.05, 3.63) is 35.2 Å². The van der Waals surface area contributed by atoms with Crippen molar-refractivity contribution in [2.45, 2.75) is 62.0 Å². The molecule has 1 atom stereocenters. The third kappa shape index (κ3) is 4.30. The highest BCUT2D eigenvalue weighted by Gasteiger charge is 2.24. The van der Waals surface area contributed by atoms with E-state index >= 15 is 0 Å². The molecule has 1 unspecified atom stereocenters. The van der Waals surface area contributed by atoms with Crippen molar-refractivity contribution < 1.29 is 4.79 Å². The van der Waals surface area contributed by atoms with Crippen LogP contribution in [0.1, 0.15) is 49.3 Å². The van der Waals surface area contributed by atoms with Gasteiger partial charge in [-0.05, 0) is 67.7 Å². The lowest BCUT2D eigenvalue weighted by atomic mass is 10.0. The number of carbonyl (C=O) groups is 1. The molecule has 1 amide bonds. The Morgan fingerprint density at radius 1 is 1.30 bits per heavy atom. The number of benzene rings is 1. The fraction of sp³-hybridized carbons (Fsp3) is 0.440. The minimum atomic E-state index is 0.169. The SMILES string of the molecule is C#Cc1cc2c(cc1Sc1nc3c(N)ncnc3n1CCCC1CCN(C(C)=O)C1)CCC2. The molecule has 3 aromatic rings. The molecule has 1 aromatic carbocycles. The van der Waals surface area contributed by atoms with Gasteiger partial charge in [0.2, 0.25) is 5.91 Å². The Labute approximate surface area is 198 Å². The maximum absolute atomic E-state index is 11.6. The molecule has 170 valence electrons. The number of hydrogen-bond acceptors (Lipinski definition) is 6. The van der Waals surface area contributed by atoms with E-state index in [9.17, 15) is 4.79 Å². The van der Waals surface area contributed by atoms with Crippen LogP contribution in [-0.4, -0.2) is 43.4 Å². The molecule has 1 aliphatic heterocycles. The Balaban J connectivity index is 1.40. The molecule has 3 heterocycles. The van der Waals surface area contributed by atoms with E-state index in [2.05, 4.69) is 32.6 Å². The summed E-state index contributed by atoms with van der Waals surface area (Å²) < 4.78 is 2.14. The lowest BCUT2D eigenvalue weighted by Gasteiger charge is -2.14. The van der Waals surface area contributed by atoms with Crippen LogP contribution in [0.15, 0.2) is 28.5 Å². The first-order valence-electron chi connectivity index (χ1n) is 11.6. The van der Waals surface area contributed by atoms with E-state index < -0.39 is 0 Å². The van der Waals surface area contributed by atoms with E-state index in [1.807, 2.05) is 4.90 Å². The molecule has 1 saturated heterocycles. The van der Waals surface area contributed by atoms with Gasteiger partial charge in [-0.1, -0.05) is 17.7 Å². The molecule has 0 saturated carbocycles. The highest BCUT2D eigenvalue weighted by Crippen LogP contribution is 2.36. The number of carbonyl (C=O) groups excluding carboxylic acids is 1. The van der Waals surface area contributed by atoms with Crippen molar-refractivity contribution >= 4 is 34.7 Å². The van der Waals surface area contributed by atoms with Crippen molar-refractivity contribution in [1.82, 2.24) is 24.4 Å². The van der Waals surface area contributed by atoms with Gasteiger partial charge in [0.1, 0.15) is 6.33 Å². The van der Waals surface area contributed by atoms with Crippen molar-refractivity contribution in [3.8, 4) is 12.3 Å². The Bertz CT molecular complexity index is 1260.